The van der Waals surface area contributed by atoms with Crippen LogP contribution in [0.5, 0.6) is 0 Å². The van der Waals surface area contributed by atoms with Crippen LogP contribution in [0.15, 0.2) is 17.3 Å². The quantitative estimate of drug-likeness (QED) is 0.608. The maximum absolute atomic E-state index is 5.51. The van der Waals surface area contributed by atoms with Crippen molar-refractivity contribution in [3.8, 4) is 0 Å². The molecular weight excluding hydrogens is 248 g/mol. The average molecular weight is 272 g/mol. The van der Waals surface area contributed by atoms with Gasteiger partial charge in [0.15, 0.2) is 0 Å². The van der Waals surface area contributed by atoms with Crippen molar-refractivity contribution in [2.75, 3.05) is 27.2 Å². The minimum absolute atomic E-state index is 0.710. The van der Waals surface area contributed by atoms with Crippen molar-refractivity contribution >= 4 is 5.71 Å². The zero-order chi connectivity index (χ0) is 13.9. The first-order valence-electron chi connectivity index (χ1n) is 7.72. The van der Waals surface area contributed by atoms with Crippen molar-refractivity contribution in [3.63, 3.8) is 0 Å². The summed E-state index contributed by atoms with van der Waals surface area (Å²) in [4.78, 5) is 7.68. The third kappa shape index (κ3) is 2.88. The summed E-state index contributed by atoms with van der Waals surface area (Å²) in [5, 5.41) is 4.39. The Hall–Kier alpha value is -1.35. The smallest absolute Gasteiger partial charge is 0.118 e. The van der Waals surface area contributed by atoms with Gasteiger partial charge in [0.05, 0.1) is 5.71 Å². The molecule has 0 saturated heterocycles. The highest BCUT2D eigenvalue weighted by molar-refractivity contribution is 6.04. The standard InChI is InChI=1S/C17H24N2O/c1-19(2)9-4-10-20-18-17-8-7-15-11-13-5-3-6-14(13)12-16(15)17/h11-12H,3-10H2,1-2H3/b18-17-. The van der Waals surface area contributed by atoms with E-state index in [2.05, 4.69) is 36.3 Å². The molecule has 0 aromatic heterocycles. The van der Waals surface area contributed by atoms with Crippen molar-refractivity contribution in [1.82, 2.24) is 4.90 Å². The normalized spacial score (nSPS) is 18.6. The zero-order valence-corrected chi connectivity index (χ0v) is 12.6. The van der Waals surface area contributed by atoms with Gasteiger partial charge in [0.1, 0.15) is 6.61 Å². The number of aryl methyl sites for hydroxylation is 3. The molecular formula is C17H24N2O. The summed E-state index contributed by atoms with van der Waals surface area (Å²) in [6, 6.07) is 4.78. The van der Waals surface area contributed by atoms with E-state index in [0.717, 1.165) is 31.5 Å². The Morgan fingerprint density at radius 3 is 2.65 bits per heavy atom. The molecule has 1 aromatic rings. The lowest BCUT2D eigenvalue weighted by molar-refractivity contribution is 0.135. The van der Waals surface area contributed by atoms with E-state index in [-0.39, 0.29) is 0 Å². The predicted octanol–water partition coefficient (Wildman–Crippen LogP) is 2.79. The van der Waals surface area contributed by atoms with E-state index in [4.69, 9.17) is 4.84 Å². The summed E-state index contributed by atoms with van der Waals surface area (Å²) in [6.07, 6.45) is 7.00. The van der Waals surface area contributed by atoms with Crippen LogP contribution in [0.3, 0.4) is 0 Å². The number of oxime groups is 1. The number of rotatable bonds is 5. The van der Waals surface area contributed by atoms with E-state index < -0.39 is 0 Å². The molecule has 0 aliphatic heterocycles. The van der Waals surface area contributed by atoms with E-state index in [1.54, 1.807) is 5.56 Å². The number of hydrogen-bond donors (Lipinski definition) is 0. The molecule has 0 N–H and O–H groups in total. The van der Waals surface area contributed by atoms with Crippen LogP contribution in [0.4, 0.5) is 0 Å². The fourth-order valence-corrected chi connectivity index (χ4v) is 3.20. The van der Waals surface area contributed by atoms with Gasteiger partial charge < -0.3 is 9.74 Å². The zero-order valence-electron chi connectivity index (χ0n) is 12.6. The maximum Gasteiger partial charge on any atom is 0.118 e. The molecule has 0 atom stereocenters. The summed E-state index contributed by atoms with van der Waals surface area (Å²) in [7, 11) is 4.17. The molecule has 2 aliphatic rings. The highest BCUT2D eigenvalue weighted by Gasteiger charge is 2.22. The molecule has 0 unspecified atom stereocenters. The Morgan fingerprint density at radius 1 is 1.05 bits per heavy atom. The molecule has 3 nitrogen and oxygen atoms in total. The van der Waals surface area contributed by atoms with Crippen LogP contribution in [0.2, 0.25) is 0 Å². The number of nitrogens with zero attached hydrogens (tertiary/aromatic N) is 2. The van der Waals surface area contributed by atoms with E-state index in [1.807, 2.05) is 0 Å². The predicted molar refractivity (Wildman–Crippen MR) is 82.4 cm³/mol. The highest BCUT2D eigenvalue weighted by Crippen LogP contribution is 2.30. The Kier molecular flexibility index (Phi) is 4.06. The highest BCUT2D eigenvalue weighted by atomic mass is 16.6. The van der Waals surface area contributed by atoms with Gasteiger partial charge in [-0.1, -0.05) is 11.2 Å². The van der Waals surface area contributed by atoms with Gasteiger partial charge in [-0.2, -0.15) is 0 Å². The van der Waals surface area contributed by atoms with Crippen LogP contribution in [0.25, 0.3) is 0 Å². The molecule has 3 heteroatoms. The monoisotopic (exact) mass is 272 g/mol. The fourth-order valence-electron chi connectivity index (χ4n) is 3.20. The van der Waals surface area contributed by atoms with Crippen molar-refractivity contribution in [2.45, 2.75) is 38.5 Å². The third-order valence-electron chi connectivity index (χ3n) is 4.28. The SMILES string of the molecule is CN(C)CCCO/N=C1/CCc2cc3c(cc21)CCC3. The van der Waals surface area contributed by atoms with Crippen LogP contribution in [0, 0.1) is 0 Å². The lowest BCUT2D eigenvalue weighted by atomic mass is 10.0. The Labute approximate surface area is 121 Å². The van der Waals surface area contributed by atoms with Gasteiger partial charge in [-0.3, -0.25) is 0 Å². The molecule has 3 rings (SSSR count). The van der Waals surface area contributed by atoms with Crippen LogP contribution in [0.1, 0.15) is 41.5 Å². The van der Waals surface area contributed by atoms with Gasteiger partial charge in [-0.25, -0.2) is 0 Å². The maximum atomic E-state index is 5.51. The Morgan fingerprint density at radius 2 is 1.85 bits per heavy atom. The second-order valence-electron chi connectivity index (χ2n) is 6.16. The van der Waals surface area contributed by atoms with E-state index >= 15 is 0 Å². The second-order valence-corrected chi connectivity index (χ2v) is 6.16. The van der Waals surface area contributed by atoms with Crippen molar-refractivity contribution in [1.29, 1.82) is 0 Å². The number of benzene rings is 1. The first-order chi connectivity index (χ1) is 9.74. The molecule has 0 fully saturated rings. The van der Waals surface area contributed by atoms with Crippen LogP contribution in [-0.4, -0.2) is 37.9 Å². The molecule has 0 amide bonds. The van der Waals surface area contributed by atoms with Crippen molar-refractivity contribution in [2.24, 2.45) is 5.16 Å². The first-order valence-corrected chi connectivity index (χ1v) is 7.72. The van der Waals surface area contributed by atoms with Crippen LogP contribution in [-0.2, 0) is 24.1 Å². The summed E-state index contributed by atoms with van der Waals surface area (Å²) < 4.78 is 0. The molecule has 0 saturated carbocycles. The molecule has 1 aromatic carbocycles. The van der Waals surface area contributed by atoms with E-state index in [9.17, 15) is 0 Å². The van der Waals surface area contributed by atoms with Crippen LogP contribution >= 0.6 is 0 Å². The lowest BCUT2D eigenvalue weighted by Gasteiger charge is -2.08. The molecule has 0 bridgehead atoms. The average Bonchev–Trinajstić information content (AvgIpc) is 3.02. The summed E-state index contributed by atoms with van der Waals surface area (Å²) in [5.74, 6) is 0. The minimum atomic E-state index is 0.710. The van der Waals surface area contributed by atoms with E-state index in [0.29, 0.717) is 6.61 Å². The molecule has 20 heavy (non-hydrogen) atoms. The van der Waals surface area contributed by atoms with Gasteiger partial charge in [-0.15, -0.1) is 0 Å². The van der Waals surface area contributed by atoms with Crippen molar-refractivity contribution < 1.29 is 4.84 Å². The third-order valence-corrected chi connectivity index (χ3v) is 4.28. The Bertz CT molecular complexity index is 520. The molecule has 0 spiro atoms. The summed E-state index contributed by atoms with van der Waals surface area (Å²) in [5.41, 5.74) is 7.07. The Balaban J connectivity index is 1.63. The van der Waals surface area contributed by atoms with Gasteiger partial charge in [-0.05, 0) is 75.4 Å². The molecule has 2 aliphatic carbocycles. The van der Waals surface area contributed by atoms with E-state index in [1.165, 1.54) is 36.0 Å². The fraction of sp³-hybridized carbons (Fsp3) is 0.588. The molecule has 0 radical (unpaired) electrons. The lowest BCUT2D eigenvalue weighted by Crippen LogP contribution is -2.14. The second kappa shape index (κ2) is 5.96. The van der Waals surface area contributed by atoms with Gasteiger partial charge in [0, 0.05) is 12.1 Å². The van der Waals surface area contributed by atoms with Gasteiger partial charge in [0.2, 0.25) is 0 Å². The number of fused-ring (bicyclic) bond motifs is 2. The largest absolute Gasteiger partial charge is 0.396 e. The van der Waals surface area contributed by atoms with Crippen LogP contribution < -0.4 is 0 Å². The molecule has 0 heterocycles. The summed E-state index contributed by atoms with van der Waals surface area (Å²) in [6.45, 7) is 1.76. The van der Waals surface area contributed by atoms with Crippen molar-refractivity contribution in [3.05, 3.63) is 34.4 Å². The molecule has 108 valence electrons. The topological polar surface area (TPSA) is 24.8 Å². The first kappa shape index (κ1) is 13.6. The van der Waals surface area contributed by atoms with Gasteiger partial charge >= 0.3 is 0 Å². The minimum Gasteiger partial charge on any atom is -0.396 e. The van der Waals surface area contributed by atoms with Gasteiger partial charge in [0.25, 0.3) is 0 Å². The summed E-state index contributed by atoms with van der Waals surface area (Å²) >= 11 is 0. The number of hydrogen-bond acceptors (Lipinski definition) is 3.